The highest BCUT2D eigenvalue weighted by Crippen LogP contribution is 2.25. The van der Waals surface area contributed by atoms with Crippen LogP contribution in [0, 0.1) is 13.8 Å². The summed E-state index contributed by atoms with van der Waals surface area (Å²) in [6.07, 6.45) is 2.11. The zero-order valence-corrected chi connectivity index (χ0v) is 31.2. The molecule has 0 aliphatic carbocycles. The van der Waals surface area contributed by atoms with Crippen molar-refractivity contribution < 1.29 is 14.7 Å². The van der Waals surface area contributed by atoms with E-state index in [9.17, 15) is 14.7 Å². The third-order valence-electron chi connectivity index (χ3n) is 9.72. The first kappa shape index (κ1) is 37.9. The van der Waals surface area contributed by atoms with Crippen molar-refractivity contribution >= 4 is 11.8 Å². The molecule has 0 aliphatic rings. The number of hydrogen-bond acceptors (Lipinski definition) is 5. The van der Waals surface area contributed by atoms with Gasteiger partial charge in [0.2, 0.25) is 11.8 Å². The van der Waals surface area contributed by atoms with Crippen molar-refractivity contribution in [3.63, 3.8) is 0 Å². The third kappa shape index (κ3) is 10.2. The molecule has 2 aromatic heterocycles. The van der Waals surface area contributed by atoms with Gasteiger partial charge in [0.25, 0.3) is 0 Å². The molecule has 0 bridgehead atoms. The van der Waals surface area contributed by atoms with Crippen LogP contribution in [0.5, 0.6) is 0 Å². The molecule has 0 saturated heterocycles. The molecular formula is C46H49N5O3. The molecule has 54 heavy (non-hydrogen) atoms. The van der Waals surface area contributed by atoms with E-state index in [1.54, 1.807) is 6.20 Å². The number of hydrogen-bond donors (Lipinski definition) is 4. The van der Waals surface area contributed by atoms with E-state index < -0.39 is 6.10 Å². The molecule has 2 heterocycles. The highest BCUT2D eigenvalue weighted by Gasteiger charge is 2.22. The van der Waals surface area contributed by atoms with Crippen LogP contribution in [0.2, 0.25) is 0 Å². The predicted octanol–water partition coefficient (Wildman–Crippen LogP) is 7.05. The molecular weight excluding hydrogens is 671 g/mol. The van der Waals surface area contributed by atoms with Crippen LogP contribution in [0.4, 0.5) is 0 Å². The number of aliphatic hydroxyl groups excluding tert-OH is 1. The van der Waals surface area contributed by atoms with E-state index in [0.29, 0.717) is 19.6 Å². The first-order valence-electron chi connectivity index (χ1n) is 18.6. The number of nitrogens with one attached hydrogen (secondary N) is 3. The van der Waals surface area contributed by atoms with Crippen molar-refractivity contribution in [3.8, 4) is 5.82 Å². The second-order valence-corrected chi connectivity index (χ2v) is 14.0. The number of rotatable bonds is 16. The minimum Gasteiger partial charge on any atom is -0.387 e. The monoisotopic (exact) mass is 719 g/mol. The van der Waals surface area contributed by atoms with Gasteiger partial charge in [-0.25, -0.2) is 4.98 Å². The number of pyridine rings is 1. The molecule has 0 fully saturated rings. The molecule has 4 aromatic carbocycles. The molecule has 0 saturated carbocycles. The Balaban J connectivity index is 0.931. The van der Waals surface area contributed by atoms with E-state index in [4.69, 9.17) is 0 Å². The molecule has 4 N–H and O–H groups in total. The van der Waals surface area contributed by atoms with Crippen LogP contribution >= 0.6 is 0 Å². The molecule has 276 valence electrons. The fourth-order valence-corrected chi connectivity index (χ4v) is 6.78. The van der Waals surface area contributed by atoms with Gasteiger partial charge in [0.1, 0.15) is 5.82 Å². The van der Waals surface area contributed by atoms with Crippen molar-refractivity contribution in [2.75, 3.05) is 6.54 Å². The molecule has 2 atom stereocenters. The maximum atomic E-state index is 13.4. The first-order chi connectivity index (χ1) is 26.2. The SMILES string of the molecule is Cc1ccc(C)n1-c1ccc([C@@H](O)CN[C@H](C)Cc2cccc(CC(=O)NCc3ccc(CNC(=O)C(c4ccccc4)c4ccccc4)cc3)c2)cn1. The van der Waals surface area contributed by atoms with Gasteiger partial charge in [0.15, 0.2) is 0 Å². The van der Waals surface area contributed by atoms with Gasteiger partial charge >= 0.3 is 0 Å². The molecule has 0 spiro atoms. The Morgan fingerprint density at radius 2 is 1.26 bits per heavy atom. The van der Waals surface area contributed by atoms with Crippen molar-refractivity contribution in [1.82, 2.24) is 25.5 Å². The van der Waals surface area contributed by atoms with Crippen LogP contribution in [0.25, 0.3) is 5.82 Å². The van der Waals surface area contributed by atoms with Gasteiger partial charge in [-0.15, -0.1) is 0 Å². The van der Waals surface area contributed by atoms with Crippen LogP contribution in [-0.4, -0.2) is 39.1 Å². The van der Waals surface area contributed by atoms with Gasteiger partial charge in [0, 0.05) is 48.8 Å². The Hall–Kier alpha value is -5.83. The van der Waals surface area contributed by atoms with Crippen LogP contribution < -0.4 is 16.0 Å². The first-order valence-corrected chi connectivity index (χ1v) is 18.6. The van der Waals surface area contributed by atoms with Crippen molar-refractivity contribution in [2.45, 2.75) is 64.8 Å². The number of benzene rings is 4. The smallest absolute Gasteiger partial charge is 0.232 e. The topological polar surface area (TPSA) is 108 Å². The number of nitrogens with zero attached hydrogens (tertiary/aromatic N) is 2. The Bertz CT molecular complexity index is 2050. The summed E-state index contributed by atoms with van der Waals surface area (Å²) in [6.45, 7) is 7.43. The van der Waals surface area contributed by atoms with E-state index in [1.165, 1.54) is 0 Å². The summed E-state index contributed by atoms with van der Waals surface area (Å²) in [5, 5.41) is 20.4. The summed E-state index contributed by atoms with van der Waals surface area (Å²) in [5.41, 5.74) is 8.95. The minimum absolute atomic E-state index is 0.0487. The summed E-state index contributed by atoms with van der Waals surface area (Å²) in [6, 6.07) is 43.8. The number of carbonyl (C=O) groups is 2. The van der Waals surface area contributed by atoms with Gasteiger partial charge < -0.3 is 25.6 Å². The quantitative estimate of drug-likeness (QED) is 0.0858. The largest absolute Gasteiger partial charge is 0.387 e. The Labute approximate surface area is 318 Å². The van der Waals surface area contributed by atoms with E-state index in [1.807, 2.05) is 109 Å². The summed E-state index contributed by atoms with van der Waals surface area (Å²) in [5.74, 6) is 0.350. The van der Waals surface area contributed by atoms with Crippen LogP contribution in [-0.2, 0) is 35.5 Å². The Morgan fingerprint density at radius 1 is 0.667 bits per heavy atom. The average molecular weight is 720 g/mol. The maximum Gasteiger partial charge on any atom is 0.232 e. The average Bonchev–Trinajstić information content (AvgIpc) is 3.53. The van der Waals surface area contributed by atoms with Crippen LogP contribution in [0.3, 0.4) is 0 Å². The number of amides is 2. The van der Waals surface area contributed by atoms with Crippen LogP contribution in [0.1, 0.15) is 69.3 Å². The molecule has 2 amide bonds. The maximum absolute atomic E-state index is 13.4. The lowest BCUT2D eigenvalue weighted by Crippen LogP contribution is -2.32. The highest BCUT2D eigenvalue weighted by molar-refractivity contribution is 5.87. The summed E-state index contributed by atoms with van der Waals surface area (Å²) >= 11 is 0. The standard InChI is InChI=1S/C46H49N5O3/c1-32(47-31-42(52)41-23-24-43(48-30-41)51-33(2)17-18-34(51)3)25-37-11-10-12-38(26-37)27-44(53)49-28-35-19-21-36(22-20-35)29-50-46(54)45(39-13-6-4-7-14-39)40-15-8-5-9-16-40/h4-24,26,30,32,42,45,47,52H,25,27-29,31H2,1-3H3,(H,49,53)(H,50,54)/t32-,42+/m1/s1. The van der Waals surface area contributed by atoms with Gasteiger partial charge in [-0.1, -0.05) is 115 Å². The highest BCUT2D eigenvalue weighted by atomic mass is 16.3. The lowest BCUT2D eigenvalue weighted by Gasteiger charge is -2.18. The lowest BCUT2D eigenvalue weighted by molar-refractivity contribution is -0.122. The molecule has 0 radical (unpaired) electrons. The minimum atomic E-state index is -0.675. The summed E-state index contributed by atoms with van der Waals surface area (Å²) < 4.78 is 2.09. The molecule has 0 aliphatic heterocycles. The third-order valence-corrected chi connectivity index (χ3v) is 9.72. The van der Waals surface area contributed by atoms with Gasteiger partial charge in [0.05, 0.1) is 18.4 Å². The molecule has 8 heteroatoms. The predicted molar refractivity (Wildman–Crippen MR) is 214 cm³/mol. The Kier molecular flexibility index (Phi) is 12.8. The Morgan fingerprint density at radius 3 is 1.85 bits per heavy atom. The number of aliphatic hydroxyl groups is 1. The second kappa shape index (κ2) is 18.3. The van der Waals surface area contributed by atoms with Gasteiger partial charge in [-0.2, -0.15) is 0 Å². The molecule has 6 aromatic rings. The summed E-state index contributed by atoms with van der Waals surface area (Å²) in [4.78, 5) is 30.8. The normalized spacial score (nSPS) is 12.3. The molecule has 6 rings (SSSR count). The molecule has 8 nitrogen and oxygen atoms in total. The van der Waals surface area contributed by atoms with Crippen molar-refractivity contribution in [2.24, 2.45) is 0 Å². The lowest BCUT2D eigenvalue weighted by atomic mass is 9.90. The van der Waals surface area contributed by atoms with E-state index in [2.05, 4.69) is 70.5 Å². The fraction of sp³-hybridized carbons (Fsp3) is 0.239. The van der Waals surface area contributed by atoms with Crippen LogP contribution in [0.15, 0.2) is 140 Å². The van der Waals surface area contributed by atoms with Gasteiger partial charge in [-0.3, -0.25) is 9.59 Å². The summed E-state index contributed by atoms with van der Waals surface area (Å²) in [7, 11) is 0. The number of carbonyl (C=O) groups excluding carboxylic acids is 2. The number of aryl methyl sites for hydroxylation is 2. The molecule has 0 unspecified atom stereocenters. The second-order valence-electron chi connectivity index (χ2n) is 14.0. The van der Waals surface area contributed by atoms with Crippen molar-refractivity contribution in [3.05, 3.63) is 190 Å². The zero-order valence-electron chi connectivity index (χ0n) is 31.2. The zero-order chi connectivity index (χ0) is 37.9. The van der Waals surface area contributed by atoms with E-state index in [-0.39, 0.29) is 30.2 Å². The number of aromatic nitrogens is 2. The van der Waals surface area contributed by atoms with Gasteiger partial charge in [-0.05, 0) is 78.8 Å². The van der Waals surface area contributed by atoms with Crippen molar-refractivity contribution in [1.29, 1.82) is 0 Å². The van der Waals surface area contributed by atoms with E-state index in [0.717, 1.165) is 62.6 Å². The fourth-order valence-electron chi connectivity index (χ4n) is 6.78. The van der Waals surface area contributed by atoms with E-state index >= 15 is 0 Å².